The molecule has 0 spiro atoms. The van der Waals surface area contributed by atoms with Crippen LogP contribution in [-0.4, -0.2) is 31.8 Å². The normalized spacial score (nSPS) is 9.95. The van der Waals surface area contributed by atoms with Gasteiger partial charge in [-0.3, -0.25) is 10.1 Å². The second kappa shape index (κ2) is 8.10. The SMILES string of the molecule is C=CCCOCCNc1ccc([N+](=O)[O-])c(OC)c1. The van der Waals surface area contributed by atoms with E-state index < -0.39 is 4.92 Å². The van der Waals surface area contributed by atoms with Crippen molar-refractivity contribution in [1.82, 2.24) is 0 Å². The predicted molar refractivity (Wildman–Crippen MR) is 73.8 cm³/mol. The third-order valence-electron chi connectivity index (χ3n) is 2.42. The Bertz CT molecular complexity index is 435. The molecule has 19 heavy (non-hydrogen) atoms. The number of ether oxygens (including phenoxy) is 2. The van der Waals surface area contributed by atoms with Gasteiger partial charge in [-0.15, -0.1) is 6.58 Å². The zero-order valence-electron chi connectivity index (χ0n) is 10.9. The van der Waals surface area contributed by atoms with Crippen molar-refractivity contribution in [2.45, 2.75) is 6.42 Å². The molecule has 1 N–H and O–H groups in total. The van der Waals surface area contributed by atoms with Crippen molar-refractivity contribution in [3.63, 3.8) is 0 Å². The number of hydrogen-bond donors (Lipinski definition) is 1. The number of nitrogens with one attached hydrogen (secondary N) is 1. The molecule has 0 aliphatic heterocycles. The molecule has 0 aliphatic rings. The number of nitro benzene ring substituents is 1. The van der Waals surface area contributed by atoms with Crippen LogP contribution in [0, 0.1) is 10.1 Å². The third-order valence-corrected chi connectivity index (χ3v) is 2.42. The maximum Gasteiger partial charge on any atom is 0.311 e. The van der Waals surface area contributed by atoms with E-state index in [1.54, 1.807) is 18.2 Å². The average Bonchev–Trinajstić information content (AvgIpc) is 2.42. The minimum absolute atomic E-state index is 0.0460. The van der Waals surface area contributed by atoms with Gasteiger partial charge in [-0.25, -0.2) is 0 Å². The van der Waals surface area contributed by atoms with Gasteiger partial charge in [-0.05, 0) is 12.5 Å². The van der Waals surface area contributed by atoms with Gasteiger partial charge < -0.3 is 14.8 Å². The van der Waals surface area contributed by atoms with Gasteiger partial charge in [0.05, 0.1) is 25.2 Å². The summed E-state index contributed by atoms with van der Waals surface area (Å²) in [5, 5.41) is 13.8. The summed E-state index contributed by atoms with van der Waals surface area (Å²) in [6.45, 7) is 5.44. The van der Waals surface area contributed by atoms with Gasteiger partial charge >= 0.3 is 5.69 Å². The Morgan fingerprint density at radius 3 is 2.89 bits per heavy atom. The van der Waals surface area contributed by atoms with Gasteiger partial charge in [0.15, 0.2) is 5.75 Å². The smallest absolute Gasteiger partial charge is 0.311 e. The maximum atomic E-state index is 10.7. The van der Waals surface area contributed by atoms with Gasteiger partial charge in [0.2, 0.25) is 0 Å². The predicted octanol–water partition coefficient (Wildman–Crippen LogP) is 2.61. The number of benzene rings is 1. The van der Waals surface area contributed by atoms with Crippen LogP contribution in [0.2, 0.25) is 0 Å². The van der Waals surface area contributed by atoms with Crippen molar-refractivity contribution < 1.29 is 14.4 Å². The van der Waals surface area contributed by atoms with E-state index in [4.69, 9.17) is 9.47 Å². The molecule has 0 saturated heterocycles. The van der Waals surface area contributed by atoms with Crippen LogP contribution in [0.15, 0.2) is 30.9 Å². The number of methoxy groups -OCH3 is 1. The van der Waals surface area contributed by atoms with Crippen LogP contribution in [0.4, 0.5) is 11.4 Å². The second-order valence-corrected chi connectivity index (χ2v) is 3.76. The molecule has 0 heterocycles. The highest BCUT2D eigenvalue weighted by Crippen LogP contribution is 2.29. The number of nitrogens with zero attached hydrogens (tertiary/aromatic N) is 1. The molecule has 0 bridgehead atoms. The van der Waals surface area contributed by atoms with Crippen molar-refractivity contribution in [2.24, 2.45) is 0 Å². The Balaban J connectivity index is 2.46. The molecule has 0 saturated carbocycles. The first-order valence-electron chi connectivity index (χ1n) is 5.94. The lowest BCUT2D eigenvalue weighted by Crippen LogP contribution is -2.10. The number of nitro groups is 1. The molecule has 0 amide bonds. The van der Waals surface area contributed by atoms with E-state index in [0.29, 0.717) is 19.8 Å². The van der Waals surface area contributed by atoms with Crippen molar-refractivity contribution >= 4 is 11.4 Å². The number of anilines is 1. The molecule has 0 aliphatic carbocycles. The number of rotatable bonds is 9. The minimum Gasteiger partial charge on any atom is -0.490 e. The molecule has 1 aromatic rings. The molecule has 0 unspecified atom stereocenters. The number of hydrogen-bond acceptors (Lipinski definition) is 5. The Labute approximate surface area is 112 Å². The lowest BCUT2D eigenvalue weighted by atomic mass is 10.2. The summed E-state index contributed by atoms with van der Waals surface area (Å²) in [5.74, 6) is 0.238. The van der Waals surface area contributed by atoms with Crippen LogP contribution in [0.25, 0.3) is 0 Å². The molecule has 0 aromatic heterocycles. The summed E-state index contributed by atoms with van der Waals surface area (Å²) in [6, 6.07) is 4.66. The fourth-order valence-corrected chi connectivity index (χ4v) is 1.47. The lowest BCUT2D eigenvalue weighted by molar-refractivity contribution is -0.385. The van der Waals surface area contributed by atoms with Crippen LogP contribution in [0.5, 0.6) is 5.75 Å². The maximum absolute atomic E-state index is 10.7. The van der Waals surface area contributed by atoms with E-state index in [1.807, 2.05) is 0 Å². The molecule has 1 aromatic carbocycles. The minimum atomic E-state index is -0.471. The molecule has 1 rings (SSSR count). The van der Waals surface area contributed by atoms with Crippen LogP contribution < -0.4 is 10.1 Å². The van der Waals surface area contributed by atoms with Gasteiger partial charge in [0.1, 0.15) is 0 Å². The molecule has 0 radical (unpaired) electrons. The summed E-state index contributed by atoms with van der Waals surface area (Å²) < 4.78 is 10.3. The van der Waals surface area contributed by atoms with Crippen LogP contribution in [0.3, 0.4) is 0 Å². The topological polar surface area (TPSA) is 73.6 Å². The Hall–Kier alpha value is -2.08. The highest BCUT2D eigenvalue weighted by Gasteiger charge is 2.14. The first kappa shape index (κ1) is 15.0. The molecular formula is C13H18N2O4. The summed E-state index contributed by atoms with van der Waals surface area (Å²) in [4.78, 5) is 10.3. The first-order chi connectivity index (χ1) is 9.19. The van der Waals surface area contributed by atoms with Crippen LogP contribution >= 0.6 is 0 Å². The first-order valence-corrected chi connectivity index (χ1v) is 5.94. The quantitative estimate of drug-likeness (QED) is 0.322. The van der Waals surface area contributed by atoms with E-state index >= 15 is 0 Å². The summed E-state index contributed by atoms with van der Waals surface area (Å²) in [6.07, 6.45) is 2.62. The largest absolute Gasteiger partial charge is 0.490 e. The Morgan fingerprint density at radius 1 is 1.47 bits per heavy atom. The van der Waals surface area contributed by atoms with Crippen molar-refractivity contribution in [1.29, 1.82) is 0 Å². The summed E-state index contributed by atoms with van der Waals surface area (Å²) in [5.41, 5.74) is 0.713. The van der Waals surface area contributed by atoms with E-state index in [-0.39, 0.29) is 11.4 Å². The van der Waals surface area contributed by atoms with E-state index in [2.05, 4.69) is 11.9 Å². The zero-order valence-corrected chi connectivity index (χ0v) is 10.9. The van der Waals surface area contributed by atoms with Gasteiger partial charge in [0, 0.05) is 24.4 Å². The average molecular weight is 266 g/mol. The van der Waals surface area contributed by atoms with Crippen molar-refractivity contribution in [3.05, 3.63) is 41.0 Å². The monoisotopic (exact) mass is 266 g/mol. The Morgan fingerprint density at radius 2 is 2.26 bits per heavy atom. The van der Waals surface area contributed by atoms with Crippen LogP contribution in [0.1, 0.15) is 6.42 Å². The van der Waals surface area contributed by atoms with Gasteiger partial charge in [0.25, 0.3) is 0 Å². The molecular weight excluding hydrogens is 248 g/mol. The standard InChI is InChI=1S/C13H18N2O4/c1-3-4-8-19-9-7-14-11-5-6-12(15(16)17)13(10-11)18-2/h3,5-6,10,14H,1,4,7-9H2,2H3. The molecule has 0 atom stereocenters. The van der Waals surface area contributed by atoms with Crippen LogP contribution in [-0.2, 0) is 4.74 Å². The van der Waals surface area contributed by atoms with Crippen molar-refractivity contribution in [2.75, 3.05) is 32.2 Å². The van der Waals surface area contributed by atoms with E-state index in [0.717, 1.165) is 12.1 Å². The lowest BCUT2D eigenvalue weighted by Gasteiger charge is -2.08. The third kappa shape index (κ3) is 4.97. The van der Waals surface area contributed by atoms with Gasteiger partial charge in [-0.2, -0.15) is 0 Å². The second-order valence-electron chi connectivity index (χ2n) is 3.76. The summed E-state index contributed by atoms with van der Waals surface area (Å²) in [7, 11) is 1.41. The highest BCUT2D eigenvalue weighted by atomic mass is 16.6. The highest BCUT2D eigenvalue weighted by molar-refractivity contribution is 5.57. The van der Waals surface area contributed by atoms with Gasteiger partial charge in [-0.1, -0.05) is 6.08 Å². The summed E-state index contributed by atoms with van der Waals surface area (Å²) >= 11 is 0. The molecule has 0 fully saturated rings. The zero-order chi connectivity index (χ0) is 14.1. The fraction of sp³-hybridized carbons (Fsp3) is 0.385. The molecule has 104 valence electrons. The molecule has 6 heteroatoms. The van der Waals surface area contributed by atoms with Crippen molar-refractivity contribution in [3.8, 4) is 5.75 Å². The molecule has 6 nitrogen and oxygen atoms in total. The van der Waals surface area contributed by atoms with E-state index in [1.165, 1.54) is 13.2 Å². The fourth-order valence-electron chi connectivity index (χ4n) is 1.47. The Kier molecular flexibility index (Phi) is 6.38. The van der Waals surface area contributed by atoms with E-state index in [9.17, 15) is 10.1 Å².